The lowest BCUT2D eigenvalue weighted by Gasteiger charge is -2.40. The summed E-state index contributed by atoms with van der Waals surface area (Å²) in [6, 6.07) is 13.3. The number of nitrogens with zero attached hydrogens (tertiary/aromatic N) is 2. The number of amides is 3. The van der Waals surface area contributed by atoms with Crippen LogP contribution in [0.3, 0.4) is 0 Å². The molecule has 184 valence electrons. The summed E-state index contributed by atoms with van der Waals surface area (Å²) in [5.74, 6) is -1.21. The van der Waals surface area contributed by atoms with Crippen molar-refractivity contribution < 1.29 is 33.4 Å². The largest absolute Gasteiger partial charge is 0.486 e. The topological polar surface area (TPSA) is 110 Å². The molecule has 3 amide bonds. The van der Waals surface area contributed by atoms with Gasteiger partial charge in [-0.05, 0) is 37.6 Å². The summed E-state index contributed by atoms with van der Waals surface area (Å²) in [4.78, 5) is 42.0. The quantitative estimate of drug-likeness (QED) is 0.478. The van der Waals surface area contributed by atoms with Gasteiger partial charge in [-0.1, -0.05) is 46.3 Å². The number of hydrogen-bond donors (Lipinski definition) is 1. The van der Waals surface area contributed by atoms with Crippen LogP contribution in [-0.4, -0.2) is 65.2 Å². The van der Waals surface area contributed by atoms with E-state index in [4.69, 9.17) is 13.9 Å². The van der Waals surface area contributed by atoms with Crippen LogP contribution < -0.4 is 4.74 Å². The molecule has 4 rings (SSSR count). The van der Waals surface area contributed by atoms with Gasteiger partial charge < -0.3 is 23.9 Å². The molecule has 35 heavy (non-hydrogen) atoms. The molecule has 0 saturated carbocycles. The van der Waals surface area contributed by atoms with Gasteiger partial charge in [0.1, 0.15) is 12.2 Å². The fourth-order valence-electron chi connectivity index (χ4n) is 4.24. The molecule has 0 bridgehead atoms. The average Bonchev–Trinajstić information content (AvgIpc) is 3.15. The molecule has 3 aromatic rings. The number of imide groups is 1. The summed E-state index contributed by atoms with van der Waals surface area (Å²) < 4.78 is 17.8. The molecule has 1 unspecified atom stereocenters. The van der Waals surface area contributed by atoms with Gasteiger partial charge in [-0.25, -0.2) is 9.69 Å². The molecule has 0 radical (unpaired) electrons. The number of halogens is 1. The average molecular weight is 545 g/mol. The van der Waals surface area contributed by atoms with Crippen LogP contribution >= 0.6 is 15.9 Å². The molecular weight excluding hydrogens is 520 g/mol. The van der Waals surface area contributed by atoms with Crippen molar-refractivity contribution in [2.75, 3.05) is 26.9 Å². The molecule has 1 aromatic heterocycles. The van der Waals surface area contributed by atoms with Gasteiger partial charge >= 0.3 is 6.09 Å². The summed E-state index contributed by atoms with van der Waals surface area (Å²) in [5.41, 5.74) is -0.566. The Labute approximate surface area is 210 Å². The van der Waals surface area contributed by atoms with Crippen LogP contribution in [0.15, 0.2) is 57.4 Å². The summed E-state index contributed by atoms with van der Waals surface area (Å²) >= 11 is 3.38. The zero-order valence-electron chi connectivity index (χ0n) is 19.5. The second-order valence-corrected chi connectivity index (χ2v) is 9.37. The molecule has 1 aliphatic rings. The highest BCUT2D eigenvalue weighted by Crippen LogP contribution is 2.40. The monoisotopic (exact) mass is 544 g/mol. The van der Waals surface area contributed by atoms with Crippen molar-refractivity contribution in [3.05, 3.63) is 64.3 Å². The lowest BCUT2D eigenvalue weighted by molar-refractivity contribution is -0.144. The summed E-state index contributed by atoms with van der Waals surface area (Å²) in [6.45, 7) is 3.00. The van der Waals surface area contributed by atoms with E-state index < -0.39 is 29.5 Å². The van der Waals surface area contributed by atoms with Crippen molar-refractivity contribution in [1.82, 2.24) is 9.80 Å². The van der Waals surface area contributed by atoms with Gasteiger partial charge in [0.05, 0.1) is 18.0 Å². The van der Waals surface area contributed by atoms with Crippen LogP contribution in [-0.2, 0) is 9.53 Å². The zero-order chi connectivity index (χ0) is 25.3. The Morgan fingerprint density at radius 2 is 1.97 bits per heavy atom. The number of rotatable bonds is 6. The van der Waals surface area contributed by atoms with Crippen molar-refractivity contribution in [2.45, 2.75) is 25.4 Å². The van der Waals surface area contributed by atoms with E-state index in [2.05, 4.69) is 15.9 Å². The van der Waals surface area contributed by atoms with E-state index in [1.54, 1.807) is 55.5 Å². The number of methoxy groups -OCH3 is 1. The first kappa shape index (κ1) is 24.7. The van der Waals surface area contributed by atoms with E-state index in [1.807, 2.05) is 0 Å². The van der Waals surface area contributed by atoms with Crippen LogP contribution in [0.25, 0.3) is 11.0 Å². The fourth-order valence-corrected chi connectivity index (χ4v) is 4.58. The molecule has 0 aliphatic carbocycles. The molecule has 2 heterocycles. The predicted molar refractivity (Wildman–Crippen MR) is 130 cm³/mol. The molecule has 0 saturated heterocycles. The summed E-state index contributed by atoms with van der Waals surface area (Å²) in [6.07, 6.45) is -1.43. The highest BCUT2D eigenvalue weighted by molar-refractivity contribution is 9.10. The van der Waals surface area contributed by atoms with E-state index >= 15 is 0 Å². The Bertz CT molecular complexity index is 1280. The van der Waals surface area contributed by atoms with Gasteiger partial charge in [-0.3, -0.25) is 9.59 Å². The highest BCUT2D eigenvalue weighted by atomic mass is 79.9. The van der Waals surface area contributed by atoms with E-state index in [-0.39, 0.29) is 31.3 Å². The number of benzene rings is 2. The minimum Gasteiger partial charge on any atom is -0.486 e. The third kappa shape index (κ3) is 4.39. The first-order valence-electron chi connectivity index (χ1n) is 11.0. The number of carboxylic acid groups (broad SMARTS) is 1. The maximum atomic E-state index is 13.9. The Morgan fingerprint density at radius 3 is 2.63 bits per heavy atom. The second kappa shape index (κ2) is 9.71. The third-order valence-electron chi connectivity index (χ3n) is 6.21. The lowest BCUT2D eigenvalue weighted by Crippen LogP contribution is -2.63. The van der Waals surface area contributed by atoms with Gasteiger partial charge in [0, 0.05) is 18.1 Å². The van der Waals surface area contributed by atoms with Gasteiger partial charge in [0.2, 0.25) is 5.76 Å². The second-order valence-electron chi connectivity index (χ2n) is 8.46. The van der Waals surface area contributed by atoms with E-state index in [1.165, 1.54) is 18.9 Å². The molecular formula is C25H25BrN2O7. The van der Waals surface area contributed by atoms with Crippen LogP contribution in [0.2, 0.25) is 0 Å². The Kier molecular flexibility index (Phi) is 6.86. The predicted octanol–water partition coefficient (Wildman–Crippen LogP) is 4.70. The van der Waals surface area contributed by atoms with Crippen LogP contribution in [0, 0.1) is 0 Å². The molecule has 1 aliphatic heterocycles. The summed E-state index contributed by atoms with van der Waals surface area (Å²) in [5, 5.41) is 10.6. The first-order valence-corrected chi connectivity index (χ1v) is 11.8. The number of carbonyl (C=O) groups excluding carboxylic acids is 2. The Balaban J connectivity index is 1.78. The number of carbonyl (C=O) groups is 3. The minimum atomic E-state index is -1.65. The number of hydrogen-bond acceptors (Lipinski definition) is 6. The van der Waals surface area contributed by atoms with Crippen LogP contribution in [0.4, 0.5) is 4.79 Å². The molecule has 2 aromatic carbocycles. The molecule has 10 heteroatoms. The van der Waals surface area contributed by atoms with Crippen molar-refractivity contribution in [3.8, 4) is 5.75 Å². The maximum Gasteiger partial charge on any atom is 0.414 e. The molecule has 9 nitrogen and oxygen atoms in total. The molecule has 2 atom stereocenters. The highest BCUT2D eigenvalue weighted by Gasteiger charge is 2.51. The van der Waals surface area contributed by atoms with E-state index in [9.17, 15) is 19.5 Å². The Morgan fingerprint density at radius 1 is 1.26 bits per heavy atom. The fraction of sp³-hybridized carbons (Fsp3) is 0.320. The van der Waals surface area contributed by atoms with Crippen molar-refractivity contribution in [3.63, 3.8) is 0 Å². The van der Waals surface area contributed by atoms with Crippen LogP contribution in [0.1, 0.15) is 36.0 Å². The molecule has 0 fully saturated rings. The van der Waals surface area contributed by atoms with Crippen molar-refractivity contribution in [1.29, 1.82) is 0 Å². The lowest BCUT2D eigenvalue weighted by atomic mass is 9.96. The maximum absolute atomic E-state index is 13.9. The SMILES string of the molecule is COCCN1C(=O)c2oc3cc(Br)ccc3c2OC[C@@]1(C)C(=O)N(C(=O)O)C(C)c1ccccc1. The zero-order valence-corrected chi connectivity index (χ0v) is 21.1. The molecule has 1 N–H and O–H groups in total. The normalized spacial score (nSPS) is 18.5. The molecule has 0 spiro atoms. The van der Waals surface area contributed by atoms with Crippen LogP contribution in [0.5, 0.6) is 5.75 Å². The van der Waals surface area contributed by atoms with Gasteiger partial charge in [-0.2, -0.15) is 0 Å². The minimum absolute atomic E-state index is 0.0221. The van der Waals surface area contributed by atoms with Gasteiger partial charge in [-0.15, -0.1) is 0 Å². The van der Waals surface area contributed by atoms with E-state index in [0.717, 1.165) is 9.37 Å². The number of ether oxygens (including phenoxy) is 2. The number of furan rings is 1. The smallest absolute Gasteiger partial charge is 0.414 e. The van der Waals surface area contributed by atoms with Crippen molar-refractivity contribution in [2.24, 2.45) is 0 Å². The van der Waals surface area contributed by atoms with Crippen molar-refractivity contribution >= 4 is 44.8 Å². The summed E-state index contributed by atoms with van der Waals surface area (Å²) in [7, 11) is 1.48. The third-order valence-corrected chi connectivity index (χ3v) is 6.71. The standard InChI is InChI=1S/C25H25BrN2O7/c1-15(16-7-5-4-6-8-16)28(24(31)32)23(30)25(2)14-34-20-18-10-9-17(26)13-19(18)35-21(20)22(29)27(25)11-12-33-3/h4-10,13,15H,11-12,14H2,1-3H3,(H,31,32)/t15?,25-/m0/s1. The first-order chi connectivity index (χ1) is 16.7. The number of fused-ring (bicyclic) bond motifs is 3. The van der Waals surface area contributed by atoms with Gasteiger partial charge in [0.25, 0.3) is 11.8 Å². The van der Waals surface area contributed by atoms with Gasteiger partial charge in [0.15, 0.2) is 11.3 Å². The van der Waals surface area contributed by atoms with E-state index in [0.29, 0.717) is 16.5 Å². The Hall–Kier alpha value is -3.37.